The number of benzene rings is 6. The lowest BCUT2D eigenvalue weighted by molar-refractivity contribution is 0.222. The van der Waals surface area contributed by atoms with E-state index in [1.165, 1.54) is 6.42 Å². The molecule has 0 radical (unpaired) electrons. The number of rotatable bonds is 15. The number of aryl methyl sites for hydroxylation is 1. The Hall–Kier alpha value is -6.49. The number of urea groups is 1. The van der Waals surface area contributed by atoms with E-state index in [1.807, 2.05) is 120 Å². The molecule has 6 aromatic carbocycles. The Balaban J connectivity index is 1.09. The smallest absolute Gasteiger partial charge is 0.319 e. The minimum absolute atomic E-state index is 0.189. The molecule has 1 saturated carbocycles. The summed E-state index contributed by atoms with van der Waals surface area (Å²) in [4.78, 5) is 18.1. The number of fused-ring (bicyclic) bond motifs is 1. The summed E-state index contributed by atoms with van der Waals surface area (Å²) < 4.78 is 11.1. The molecule has 2 heterocycles. The Morgan fingerprint density at radius 2 is 1.38 bits per heavy atom. The number of tetrazole rings is 1. The third kappa shape index (κ3) is 8.85. The van der Waals surface area contributed by atoms with Gasteiger partial charge in [-0.25, -0.2) is 14.5 Å². The van der Waals surface area contributed by atoms with Gasteiger partial charge in [0, 0.05) is 30.3 Å². The van der Waals surface area contributed by atoms with Gasteiger partial charge in [0.1, 0.15) is 11.4 Å². The number of aromatic nitrogens is 6. The summed E-state index contributed by atoms with van der Waals surface area (Å²) in [6.45, 7) is 2.62. The summed E-state index contributed by atoms with van der Waals surface area (Å²) in [5.41, 5.74) is 6.01. The summed E-state index contributed by atoms with van der Waals surface area (Å²) in [7, 11) is 0. The van der Waals surface area contributed by atoms with Crippen molar-refractivity contribution in [3.8, 4) is 5.75 Å². The SMILES string of the molecule is CCCCc1nc2ccc(NC(=O)NC3CCCCC3)cc2n1Cc1cc(Cl)c(OC(c2ccccc2)c2nnnn2C(c2ccccc2)(c2ccccc2)c2ccccc2)c(Cl)c1. The molecule has 8 aromatic rings. The first kappa shape index (κ1) is 42.8. The minimum Gasteiger partial charge on any atom is -0.474 e. The van der Waals surface area contributed by atoms with E-state index in [9.17, 15) is 4.79 Å². The first-order valence-electron chi connectivity index (χ1n) is 22.1. The fourth-order valence-electron chi connectivity index (χ4n) is 9.07. The molecule has 324 valence electrons. The first-order valence-corrected chi connectivity index (χ1v) is 22.9. The Kier molecular flexibility index (Phi) is 13.0. The van der Waals surface area contributed by atoms with Gasteiger partial charge in [0.15, 0.2) is 17.7 Å². The molecule has 1 unspecified atom stereocenters. The molecule has 2 aromatic heterocycles. The number of unbranched alkanes of at least 4 members (excludes halogenated alkanes) is 1. The molecule has 12 heteroatoms. The number of nitrogens with one attached hydrogen (secondary N) is 2. The number of amides is 2. The average molecular weight is 890 g/mol. The zero-order valence-corrected chi connectivity index (χ0v) is 37.2. The highest BCUT2D eigenvalue weighted by molar-refractivity contribution is 6.37. The third-order valence-electron chi connectivity index (χ3n) is 12.1. The predicted molar refractivity (Wildman–Crippen MR) is 254 cm³/mol. The summed E-state index contributed by atoms with van der Waals surface area (Å²) >= 11 is 14.5. The number of imidazole rings is 1. The van der Waals surface area contributed by atoms with Crippen molar-refractivity contribution in [1.29, 1.82) is 0 Å². The van der Waals surface area contributed by atoms with E-state index < -0.39 is 11.6 Å². The number of hydrogen-bond acceptors (Lipinski definition) is 6. The second kappa shape index (κ2) is 19.5. The lowest BCUT2D eigenvalue weighted by Crippen LogP contribution is -2.41. The van der Waals surface area contributed by atoms with Gasteiger partial charge in [0.05, 0.1) is 21.1 Å². The Morgan fingerprint density at radius 1 is 0.781 bits per heavy atom. The van der Waals surface area contributed by atoms with Gasteiger partial charge in [0.2, 0.25) is 0 Å². The van der Waals surface area contributed by atoms with Crippen LogP contribution >= 0.6 is 23.2 Å². The van der Waals surface area contributed by atoms with Crippen molar-refractivity contribution in [3.05, 3.63) is 201 Å². The second-order valence-corrected chi connectivity index (χ2v) is 17.2. The fraction of sp³-hybridized carbons (Fsp3) is 0.250. The first-order chi connectivity index (χ1) is 31.4. The van der Waals surface area contributed by atoms with Crippen molar-refractivity contribution >= 4 is 46.0 Å². The van der Waals surface area contributed by atoms with Gasteiger partial charge in [0.25, 0.3) is 0 Å². The van der Waals surface area contributed by atoms with Crippen LogP contribution in [-0.4, -0.2) is 41.8 Å². The molecule has 0 bridgehead atoms. The van der Waals surface area contributed by atoms with E-state index in [-0.39, 0.29) is 12.1 Å². The van der Waals surface area contributed by atoms with Crippen LogP contribution in [0.1, 0.15) is 97.4 Å². The van der Waals surface area contributed by atoms with Gasteiger partial charge in [-0.1, -0.05) is 177 Å². The normalized spacial score (nSPS) is 13.7. The van der Waals surface area contributed by atoms with Gasteiger partial charge in [-0.3, -0.25) is 0 Å². The van der Waals surface area contributed by atoms with Gasteiger partial charge in [-0.15, -0.1) is 5.10 Å². The van der Waals surface area contributed by atoms with Crippen LogP contribution in [0, 0.1) is 0 Å². The number of carbonyl (C=O) groups is 1. The molecule has 1 aliphatic carbocycles. The standard InChI is InChI=1S/C52H50Cl2N8O2/c1-2-3-29-47-57-45-31-30-42(56-51(63)55-41-27-17-8-18-28-41)34-46(45)61(47)35-36-32-43(53)49(44(54)33-36)64-48(37-19-9-4-10-20-37)50-58-59-60-62(50)52(38-21-11-5-12-22-38,39-23-13-6-14-24-39)40-25-15-7-16-26-40/h4-7,9-16,19-26,30-34,41,48H,2-3,8,17-18,27-29,35H2,1H3,(H2,55,56,63). The maximum absolute atomic E-state index is 13.1. The number of anilines is 1. The van der Waals surface area contributed by atoms with Crippen LogP contribution in [0.3, 0.4) is 0 Å². The van der Waals surface area contributed by atoms with Crippen molar-refractivity contribution in [1.82, 2.24) is 35.1 Å². The summed E-state index contributed by atoms with van der Waals surface area (Å²) in [5.74, 6) is 1.70. The van der Waals surface area contributed by atoms with Crippen LogP contribution in [0.15, 0.2) is 152 Å². The largest absolute Gasteiger partial charge is 0.474 e. The van der Waals surface area contributed by atoms with Crippen LogP contribution in [-0.2, 0) is 18.5 Å². The molecule has 0 aliphatic heterocycles. The van der Waals surface area contributed by atoms with Crippen LogP contribution < -0.4 is 15.4 Å². The van der Waals surface area contributed by atoms with Crippen molar-refractivity contribution in [2.24, 2.45) is 0 Å². The molecule has 0 saturated heterocycles. The maximum atomic E-state index is 13.1. The molecule has 1 atom stereocenters. The molecule has 1 aliphatic rings. The molecule has 1 fully saturated rings. The topological polar surface area (TPSA) is 112 Å². The third-order valence-corrected chi connectivity index (χ3v) is 12.7. The Bertz CT molecular complexity index is 2690. The molecule has 64 heavy (non-hydrogen) atoms. The average Bonchev–Trinajstić information content (AvgIpc) is 3.95. The number of nitrogens with zero attached hydrogens (tertiary/aromatic N) is 6. The van der Waals surface area contributed by atoms with E-state index in [4.69, 9.17) is 43.2 Å². The highest BCUT2D eigenvalue weighted by Gasteiger charge is 2.43. The molecule has 0 spiro atoms. The molecule has 10 nitrogen and oxygen atoms in total. The molecule has 2 N–H and O–H groups in total. The van der Waals surface area contributed by atoms with Gasteiger partial charge >= 0.3 is 6.03 Å². The van der Waals surface area contributed by atoms with Crippen molar-refractivity contribution in [2.75, 3.05) is 5.32 Å². The number of ether oxygens (including phenoxy) is 1. The molecule has 2 amide bonds. The lowest BCUT2D eigenvalue weighted by Gasteiger charge is -2.37. The monoisotopic (exact) mass is 888 g/mol. The van der Waals surface area contributed by atoms with Gasteiger partial charge in [-0.05, 0) is 82.3 Å². The molecular weight excluding hydrogens is 840 g/mol. The van der Waals surface area contributed by atoms with Crippen LogP contribution in [0.2, 0.25) is 10.0 Å². The quantitative estimate of drug-likeness (QED) is 0.0992. The second-order valence-electron chi connectivity index (χ2n) is 16.4. The van der Waals surface area contributed by atoms with E-state index in [2.05, 4.69) is 63.7 Å². The lowest BCUT2D eigenvalue weighted by atomic mass is 9.77. The zero-order valence-electron chi connectivity index (χ0n) is 35.7. The highest BCUT2D eigenvalue weighted by atomic mass is 35.5. The van der Waals surface area contributed by atoms with E-state index >= 15 is 0 Å². The van der Waals surface area contributed by atoms with Gasteiger partial charge in [-0.2, -0.15) is 0 Å². The van der Waals surface area contributed by atoms with Crippen LogP contribution in [0.25, 0.3) is 11.0 Å². The zero-order chi connectivity index (χ0) is 43.9. The number of hydrogen-bond donors (Lipinski definition) is 2. The minimum atomic E-state index is -1.01. The highest BCUT2D eigenvalue weighted by Crippen LogP contribution is 2.44. The van der Waals surface area contributed by atoms with E-state index in [0.29, 0.717) is 33.9 Å². The van der Waals surface area contributed by atoms with E-state index in [1.54, 1.807) is 0 Å². The van der Waals surface area contributed by atoms with Crippen LogP contribution in [0.5, 0.6) is 5.75 Å². The summed E-state index contributed by atoms with van der Waals surface area (Å²) in [6, 6.07) is 50.3. The number of carbonyl (C=O) groups excluding carboxylic acids is 1. The Morgan fingerprint density at radius 3 is 1.97 bits per heavy atom. The maximum Gasteiger partial charge on any atom is 0.319 e. The molecule has 9 rings (SSSR count). The summed E-state index contributed by atoms with van der Waals surface area (Å²) in [6.07, 6.45) is 7.49. The van der Waals surface area contributed by atoms with Gasteiger partial charge < -0.3 is 19.9 Å². The predicted octanol–water partition coefficient (Wildman–Crippen LogP) is 12.2. The summed E-state index contributed by atoms with van der Waals surface area (Å²) in [5, 5.41) is 20.7. The van der Waals surface area contributed by atoms with Crippen molar-refractivity contribution in [3.63, 3.8) is 0 Å². The number of halogens is 2. The van der Waals surface area contributed by atoms with Crippen LogP contribution in [0.4, 0.5) is 10.5 Å². The fourth-order valence-corrected chi connectivity index (χ4v) is 9.69. The van der Waals surface area contributed by atoms with E-state index in [0.717, 1.165) is 89.6 Å². The van der Waals surface area contributed by atoms with Crippen molar-refractivity contribution < 1.29 is 9.53 Å². The van der Waals surface area contributed by atoms with Crippen molar-refractivity contribution in [2.45, 2.75) is 82.5 Å². The molecular formula is C52H50Cl2N8O2. The Labute approximate surface area is 383 Å².